The minimum atomic E-state index is -0.0542. The van der Waals surface area contributed by atoms with Crippen LogP contribution in [0.25, 0.3) is 0 Å². The van der Waals surface area contributed by atoms with Crippen LogP contribution in [0.15, 0.2) is 10.9 Å². The molecule has 1 fully saturated rings. The summed E-state index contributed by atoms with van der Waals surface area (Å²) in [7, 11) is 0. The average molecular weight is 219 g/mol. The first-order chi connectivity index (χ1) is 7.75. The lowest BCUT2D eigenvalue weighted by Crippen LogP contribution is -2.34. The van der Waals surface area contributed by atoms with Crippen LogP contribution in [-0.2, 0) is 6.54 Å². The second kappa shape index (κ2) is 3.70. The average Bonchev–Trinajstić information content (AvgIpc) is 2.17. The zero-order valence-corrected chi connectivity index (χ0v) is 9.35. The molecule has 0 aromatic carbocycles. The Bertz CT molecular complexity index is 462. The van der Waals surface area contributed by atoms with Gasteiger partial charge in [-0.2, -0.15) is 0 Å². The van der Waals surface area contributed by atoms with E-state index in [1.165, 1.54) is 19.3 Å². The number of nitrogens with two attached hydrogens (primary N) is 1. The summed E-state index contributed by atoms with van der Waals surface area (Å²) in [4.78, 5) is 16.6. The molecular weight excluding hydrogens is 202 g/mol. The summed E-state index contributed by atoms with van der Waals surface area (Å²) in [5.74, 6) is 1.31. The van der Waals surface area contributed by atoms with Gasteiger partial charge in [0.15, 0.2) is 0 Å². The molecule has 4 nitrogen and oxygen atoms in total. The maximum atomic E-state index is 11.9. The Morgan fingerprint density at radius 2 is 2.12 bits per heavy atom. The summed E-state index contributed by atoms with van der Waals surface area (Å²) in [6, 6.07) is 1.66. The van der Waals surface area contributed by atoms with E-state index in [1.54, 1.807) is 10.6 Å². The van der Waals surface area contributed by atoms with Gasteiger partial charge >= 0.3 is 0 Å². The van der Waals surface area contributed by atoms with Crippen molar-refractivity contribution in [3.63, 3.8) is 0 Å². The number of fused-ring (bicyclic) bond motifs is 1. The highest BCUT2D eigenvalue weighted by atomic mass is 16.1. The SMILES string of the molecule is NC1CCCn2c1nc(C1CCC1)cc2=O. The van der Waals surface area contributed by atoms with Gasteiger partial charge in [0.1, 0.15) is 5.82 Å². The van der Waals surface area contributed by atoms with Crippen molar-refractivity contribution in [2.75, 3.05) is 0 Å². The monoisotopic (exact) mass is 219 g/mol. The second-order valence-corrected chi connectivity index (χ2v) is 4.91. The molecule has 0 saturated heterocycles. The van der Waals surface area contributed by atoms with Crippen molar-refractivity contribution in [2.24, 2.45) is 5.73 Å². The third-order valence-electron chi connectivity index (χ3n) is 3.81. The van der Waals surface area contributed by atoms with E-state index in [4.69, 9.17) is 5.73 Å². The Morgan fingerprint density at radius 3 is 2.81 bits per heavy atom. The van der Waals surface area contributed by atoms with Crippen LogP contribution < -0.4 is 11.3 Å². The van der Waals surface area contributed by atoms with Crippen molar-refractivity contribution in [3.05, 3.63) is 27.9 Å². The van der Waals surface area contributed by atoms with Gasteiger partial charge in [-0.3, -0.25) is 9.36 Å². The predicted molar refractivity (Wildman–Crippen MR) is 61.3 cm³/mol. The standard InChI is InChI=1S/C12H17N3O/c13-9-5-2-6-15-11(16)7-10(14-12(9)15)8-3-1-4-8/h7-9H,1-6,13H2. The van der Waals surface area contributed by atoms with Gasteiger partial charge in [-0.05, 0) is 25.7 Å². The molecule has 0 bridgehead atoms. The summed E-state index contributed by atoms with van der Waals surface area (Å²) in [6.07, 6.45) is 5.53. The number of hydrogen-bond acceptors (Lipinski definition) is 3. The number of rotatable bonds is 1. The molecule has 0 radical (unpaired) electrons. The Labute approximate surface area is 94.5 Å². The van der Waals surface area contributed by atoms with E-state index in [0.29, 0.717) is 5.92 Å². The molecule has 2 heterocycles. The van der Waals surface area contributed by atoms with Crippen molar-refractivity contribution < 1.29 is 0 Å². The lowest BCUT2D eigenvalue weighted by Gasteiger charge is -2.28. The highest BCUT2D eigenvalue weighted by Gasteiger charge is 2.25. The third-order valence-corrected chi connectivity index (χ3v) is 3.81. The van der Waals surface area contributed by atoms with Crippen LogP contribution in [0.4, 0.5) is 0 Å². The quantitative estimate of drug-likeness (QED) is 0.774. The fraction of sp³-hybridized carbons (Fsp3) is 0.667. The second-order valence-electron chi connectivity index (χ2n) is 4.91. The third kappa shape index (κ3) is 1.48. The van der Waals surface area contributed by atoms with Crippen LogP contribution in [-0.4, -0.2) is 9.55 Å². The maximum absolute atomic E-state index is 11.9. The molecule has 1 unspecified atom stereocenters. The molecule has 3 rings (SSSR count). The summed E-state index contributed by atoms with van der Waals surface area (Å²) < 4.78 is 1.75. The van der Waals surface area contributed by atoms with Crippen LogP contribution in [0, 0.1) is 0 Å². The molecule has 1 atom stereocenters. The summed E-state index contributed by atoms with van der Waals surface area (Å²) in [5, 5.41) is 0. The van der Waals surface area contributed by atoms with Gasteiger partial charge < -0.3 is 5.73 Å². The predicted octanol–water partition coefficient (Wildman–Crippen LogP) is 1.30. The molecule has 0 spiro atoms. The first-order valence-corrected chi connectivity index (χ1v) is 6.13. The van der Waals surface area contributed by atoms with Crippen LogP contribution in [0.3, 0.4) is 0 Å². The molecule has 2 N–H and O–H groups in total. The number of aromatic nitrogens is 2. The zero-order valence-electron chi connectivity index (χ0n) is 9.35. The molecule has 1 aliphatic heterocycles. The van der Waals surface area contributed by atoms with E-state index in [2.05, 4.69) is 4.98 Å². The zero-order chi connectivity index (χ0) is 11.1. The Morgan fingerprint density at radius 1 is 1.31 bits per heavy atom. The fourth-order valence-corrected chi connectivity index (χ4v) is 2.56. The van der Waals surface area contributed by atoms with E-state index in [0.717, 1.165) is 30.9 Å². The topological polar surface area (TPSA) is 60.9 Å². The molecule has 16 heavy (non-hydrogen) atoms. The van der Waals surface area contributed by atoms with Gasteiger partial charge in [0.05, 0.1) is 11.7 Å². The van der Waals surface area contributed by atoms with Crippen molar-refractivity contribution in [1.29, 1.82) is 0 Å². The number of hydrogen-bond donors (Lipinski definition) is 1. The van der Waals surface area contributed by atoms with E-state index < -0.39 is 0 Å². The van der Waals surface area contributed by atoms with Gasteiger partial charge in [-0.15, -0.1) is 0 Å². The molecule has 86 valence electrons. The van der Waals surface area contributed by atoms with Crippen molar-refractivity contribution >= 4 is 0 Å². The van der Waals surface area contributed by atoms with E-state index >= 15 is 0 Å². The fourth-order valence-electron chi connectivity index (χ4n) is 2.56. The Kier molecular flexibility index (Phi) is 2.32. The maximum Gasteiger partial charge on any atom is 0.253 e. The van der Waals surface area contributed by atoms with Gasteiger partial charge in [0.2, 0.25) is 0 Å². The summed E-state index contributed by atoms with van der Waals surface area (Å²) in [6.45, 7) is 0.778. The van der Waals surface area contributed by atoms with E-state index in [9.17, 15) is 4.79 Å². The molecule has 1 saturated carbocycles. The van der Waals surface area contributed by atoms with Crippen LogP contribution in [0.2, 0.25) is 0 Å². The smallest absolute Gasteiger partial charge is 0.253 e. The molecular formula is C12H17N3O. The molecule has 1 aromatic rings. The van der Waals surface area contributed by atoms with Crippen LogP contribution in [0.1, 0.15) is 55.6 Å². The van der Waals surface area contributed by atoms with Gasteiger partial charge in [0, 0.05) is 18.5 Å². The minimum Gasteiger partial charge on any atom is -0.321 e. The van der Waals surface area contributed by atoms with Gasteiger partial charge in [-0.1, -0.05) is 6.42 Å². The first kappa shape index (κ1) is 10.0. The van der Waals surface area contributed by atoms with Crippen molar-refractivity contribution in [1.82, 2.24) is 9.55 Å². The van der Waals surface area contributed by atoms with Crippen molar-refractivity contribution in [3.8, 4) is 0 Å². The van der Waals surface area contributed by atoms with E-state index in [-0.39, 0.29) is 11.6 Å². The largest absolute Gasteiger partial charge is 0.321 e. The highest BCUT2D eigenvalue weighted by Crippen LogP contribution is 2.35. The molecule has 0 amide bonds. The number of nitrogens with zero attached hydrogens (tertiary/aromatic N) is 2. The molecule has 2 aliphatic rings. The lowest BCUT2D eigenvalue weighted by molar-refractivity contribution is 0.390. The van der Waals surface area contributed by atoms with Gasteiger partial charge in [-0.25, -0.2) is 4.98 Å². The minimum absolute atomic E-state index is 0.0542. The Balaban J connectivity index is 2.07. The Hall–Kier alpha value is -1.16. The van der Waals surface area contributed by atoms with E-state index in [1.807, 2.05) is 0 Å². The normalized spacial score (nSPS) is 24.9. The van der Waals surface area contributed by atoms with Crippen LogP contribution >= 0.6 is 0 Å². The highest BCUT2D eigenvalue weighted by molar-refractivity contribution is 5.14. The lowest BCUT2D eigenvalue weighted by atomic mass is 9.83. The molecule has 1 aromatic heterocycles. The summed E-state index contributed by atoms with van der Waals surface area (Å²) in [5.41, 5.74) is 7.08. The molecule has 4 heteroatoms. The van der Waals surface area contributed by atoms with Gasteiger partial charge in [0.25, 0.3) is 5.56 Å². The van der Waals surface area contributed by atoms with Crippen LogP contribution in [0.5, 0.6) is 0 Å². The molecule has 1 aliphatic carbocycles. The summed E-state index contributed by atoms with van der Waals surface area (Å²) >= 11 is 0. The van der Waals surface area contributed by atoms with Crippen molar-refractivity contribution in [2.45, 2.75) is 50.6 Å². The first-order valence-electron chi connectivity index (χ1n) is 6.13.